The van der Waals surface area contributed by atoms with Gasteiger partial charge in [-0.05, 0) is 71.3 Å². The summed E-state index contributed by atoms with van der Waals surface area (Å²) in [5.41, 5.74) is 0.615. The number of pyridine rings is 1. The Kier molecular flexibility index (Phi) is 14.1. The molecule has 0 aliphatic rings. The molecule has 272 valence electrons. The molecule has 10 nitrogen and oxygen atoms in total. The van der Waals surface area contributed by atoms with Gasteiger partial charge in [0.1, 0.15) is 12.1 Å². The van der Waals surface area contributed by atoms with E-state index in [9.17, 15) is 14.4 Å². The van der Waals surface area contributed by atoms with Crippen LogP contribution in [0.2, 0.25) is 5.02 Å². The first-order valence-corrected chi connectivity index (χ1v) is 18.4. The zero-order valence-corrected chi connectivity index (χ0v) is 31.6. The van der Waals surface area contributed by atoms with Crippen molar-refractivity contribution in [3.05, 3.63) is 94.6 Å². The number of amides is 2. The molecule has 3 atom stereocenters. The van der Waals surface area contributed by atoms with E-state index in [1.165, 1.54) is 25.4 Å². The Morgan fingerprint density at radius 2 is 1.71 bits per heavy atom. The lowest BCUT2D eigenvalue weighted by atomic mass is 9.81. The minimum absolute atomic E-state index is 0.106. The lowest BCUT2D eigenvalue weighted by Gasteiger charge is -2.44. The third kappa shape index (κ3) is 9.72. The number of nitrogens with zero attached hydrogens (tertiary/aromatic N) is 2. The number of ether oxygens (including phenoxy) is 1. The Balaban J connectivity index is 1.76. The first-order valence-electron chi connectivity index (χ1n) is 17.2. The highest BCUT2D eigenvalue weighted by molar-refractivity contribution is 7.17. The van der Waals surface area contributed by atoms with Gasteiger partial charge in [-0.25, -0.2) is 4.79 Å². The average molecular weight is 734 g/mol. The zero-order chi connectivity index (χ0) is 37.1. The molecule has 0 saturated heterocycles. The highest BCUT2D eigenvalue weighted by atomic mass is 35.5. The van der Waals surface area contributed by atoms with Crippen LogP contribution in [-0.4, -0.2) is 66.4 Å². The lowest BCUT2D eigenvalue weighted by molar-refractivity contribution is -0.146. The van der Waals surface area contributed by atoms with E-state index in [0.29, 0.717) is 23.8 Å². The number of aromatic nitrogens is 1. The van der Waals surface area contributed by atoms with Crippen LogP contribution in [0.4, 0.5) is 5.69 Å². The average Bonchev–Trinajstić information content (AvgIpc) is 3.52. The molecule has 0 spiro atoms. The Labute approximate surface area is 309 Å². The molecule has 2 heterocycles. The summed E-state index contributed by atoms with van der Waals surface area (Å²) in [6, 6.07) is 16.7. The summed E-state index contributed by atoms with van der Waals surface area (Å²) in [5.74, 6) is -2.57. The van der Waals surface area contributed by atoms with Gasteiger partial charge in [-0.2, -0.15) is 0 Å². The van der Waals surface area contributed by atoms with Crippen molar-refractivity contribution in [2.24, 2.45) is 11.8 Å². The van der Waals surface area contributed by atoms with Gasteiger partial charge in [-0.3, -0.25) is 19.4 Å². The van der Waals surface area contributed by atoms with E-state index >= 15 is 4.79 Å². The van der Waals surface area contributed by atoms with Gasteiger partial charge in [-0.15, -0.1) is 11.3 Å². The number of esters is 1. The number of anilines is 1. The molecular weight excluding hydrogens is 686 g/mol. The third-order valence-corrected chi connectivity index (χ3v) is 10.2. The standard InChI is InChI=1S/C39H48ClN5O5S/c1-25(2)21-39(27(5)46,45(33-15-9-8-14-31(33)40)19-18-42-23-28-12-11-17-41-22-28)38(49)43-32(36(47)44-35(26(3)4)37(48)50-6)20-29-24-51-34-16-10-7-13-30(29)34/h7-17,22,24-26,32,35,42H,18-21,23H2,1-6H3,(H,43,49)(H,44,47)/t32-,35-,39-/m1/s1. The van der Waals surface area contributed by atoms with Gasteiger partial charge >= 0.3 is 5.97 Å². The van der Waals surface area contributed by atoms with Crippen molar-refractivity contribution >= 4 is 62.3 Å². The van der Waals surface area contributed by atoms with Gasteiger partial charge in [-0.1, -0.05) is 75.7 Å². The maximum atomic E-state index is 15.0. The topological polar surface area (TPSA) is 130 Å². The highest BCUT2D eigenvalue weighted by Gasteiger charge is 2.50. The van der Waals surface area contributed by atoms with Crippen molar-refractivity contribution in [2.45, 2.75) is 71.6 Å². The number of ketones is 1. The molecule has 4 rings (SSSR count). The van der Waals surface area contributed by atoms with Gasteiger partial charge in [0, 0.05) is 43.1 Å². The molecule has 0 saturated carbocycles. The van der Waals surface area contributed by atoms with Gasteiger partial charge in [0.15, 0.2) is 11.3 Å². The van der Waals surface area contributed by atoms with Gasteiger partial charge in [0.2, 0.25) is 5.91 Å². The number of benzene rings is 2. The number of carbonyl (C=O) groups excluding carboxylic acids is 4. The monoisotopic (exact) mass is 733 g/mol. The second kappa shape index (κ2) is 18.3. The van der Waals surface area contributed by atoms with E-state index in [0.717, 1.165) is 21.2 Å². The number of carbonyl (C=O) groups is 4. The van der Waals surface area contributed by atoms with Crippen LogP contribution in [0.15, 0.2) is 78.4 Å². The Morgan fingerprint density at radius 1 is 0.980 bits per heavy atom. The number of hydrogen-bond acceptors (Lipinski definition) is 9. The van der Waals surface area contributed by atoms with E-state index < -0.39 is 41.2 Å². The number of hydrogen-bond donors (Lipinski definition) is 3. The van der Waals surface area contributed by atoms with Crippen LogP contribution in [0.25, 0.3) is 10.1 Å². The van der Waals surface area contributed by atoms with E-state index in [4.69, 9.17) is 16.3 Å². The van der Waals surface area contributed by atoms with Crippen molar-refractivity contribution in [2.75, 3.05) is 25.1 Å². The molecule has 0 bridgehead atoms. The summed E-state index contributed by atoms with van der Waals surface area (Å²) < 4.78 is 6.02. The predicted molar refractivity (Wildman–Crippen MR) is 204 cm³/mol. The van der Waals surface area contributed by atoms with Gasteiger partial charge in [0.25, 0.3) is 5.91 Å². The molecule has 51 heavy (non-hydrogen) atoms. The first-order chi connectivity index (χ1) is 24.4. The molecule has 0 aliphatic heterocycles. The van der Waals surface area contributed by atoms with Crippen LogP contribution >= 0.6 is 22.9 Å². The fourth-order valence-electron chi connectivity index (χ4n) is 6.30. The predicted octanol–water partition coefficient (Wildman–Crippen LogP) is 5.96. The summed E-state index contributed by atoms with van der Waals surface area (Å²) in [5, 5.41) is 12.5. The molecule has 2 amide bonds. The van der Waals surface area contributed by atoms with Crippen LogP contribution in [0, 0.1) is 11.8 Å². The van der Waals surface area contributed by atoms with Gasteiger partial charge in [0.05, 0.1) is 17.8 Å². The molecule has 2 aromatic heterocycles. The van der Waals surface area contributed by atoms with Crippen LogP contribution in [0.3, 0.4) is 0 Å². The van der Waals surface area contributed by atoms with Crippen molar-refractivity contribution in [1.82, 2.24) is 20.9 Å². The van der Waals surface area contributed by atoms with Gasteiger partial charge < -0.3 is 25.6 Å². The zero-order valence-electron chi connectivity index (χ0n) is 30.1. The quantitative estimate of drug-likeness (QED) is 0.0649. The molecule has 0 unspecified atom stereocenters. The molecule has 0 aliphatic carbocycles. The number of Topliss-reactive ketones (excluding diaryl/α,β-unsaturated/α-hetero) is 1. The van der Waals surface area contributed by atoms with E-state index in [-0.39, 0.29) is 31.2 Å². The molecule has 3 N–H and O–H groups in total. The Hall–Kier alpha value is -4.32. The minimum Gasteiger partial charge on any atom is -0.467 e. The molecule has 12 heteroatoms. The van der Waals surface area contributed by atoms with Crippen molar-refractivity contribution in [3.63, 3.8) is 0 Å². The maximum Gasteiger partial charge on any atom is 0.328 e. The summed E-state index contributed by atoms with van der Waals surface area (Å²) in [6.07, 6.45) is 3.76. The fourth-order valence-corrected chi connectivity index (χ4v) is 7.51. The summed E-state index contributed by atoms with van der Waals surface area (Å²) >= 11 is 8.34. The van der Waals surface area contributed by atoms with E-state index in [1.807, 2.05) is 61.7 Å². The maximum absolute atomic E-state index is 15.0. The summed E-state index contributed by atoms with van der Waals surface area (Å²) in [6.45, 7) is 10.1. The number of para-hydroxylation sites is 1. The first kappa shape index (κ1) is 39.5. The van der Waals surface area contributed by atoms with Crippen LogP contribution in [0.1, 0.15) is 52.2 Å². The van der Waals surface area contributed by atoms with Crippen LogP contribution in [-0.2, 0) is 36.9 Å². The largest absolute Gasteiger partial charge is 0.467 e. The Morgan fingerprint density at radius 3 is 2.35 bits per heavy atom. The van der Waals surface area contributed by atoms with E-state index in [2.05, 4.69) is 20.9 Å². The number of halogens is 1. The number of fused-ring (bicyclic) bond motifs is 1. The van der Waals surface area contributed by atoms with Crippen molar-refractivity contribution in [3.8, 4) is 0 Å². The molecular formula is C39H48ClN5O5S. The smallest absolute Gasteiger partial charge is 0.328 e. The fraction of sp³-hybridized carbons (Fsp3) is 0.410. The normalized spacial score (nSPS) is 13.7. The highest BCUT2D eigenvalue weighted by Crippen LogP contribution is 2.36. The molecule has 2 aromatic carbocycles. The van der Waals surface area contributed by atoms with Crippen LogP contribution < -0.4 is 20.9 Å². The number of thiophene rings is 1. The Bertz CT molecular complexity index is 1800. The molecule has 0 radical (unpaired) electrons. The second-order valence-electron chi connectivity index (χ2n) is 13.4. The van der Waals surface area contributed by atoms with Crippen LogP contribution in [0.5, 0.6) is 0 Å². The van der Waals surface area contributed by atoms with E-state index in [1.54, 1.807) is 49.3 Å². The number of rotatable bonds is 18. The third-order valence-electron chi connectivity index (χ3n) is 8.86. The number of nitrogens with one attached hydrogen (secondary N) is 3. The summed E-state index contributed by atoms with van der Waals surface area (Å²) in [7, 11) is 1.27. The minimum atomic E-state index is -1.75. The SMILES string of the molecule is COC(=O)[C@H](NC(=O)[C@@H](Cc1csc2ccccc12)NC(=O)[C@@](CC(C)C)(C(C)=O)N(CCNCc1cccnc1)c1ccccc1Cl)C(C)C. The molecule has 0 fully saturated rings. The summed E-state index contributed by atoms with van der Waals surface area (Å²) in [4.78, 5) is 62.0. The number of methoxy groups -OCH3 is 1. The lowest BCUT2D eigenvalue weighted by Crippen LogP contribution is -2.67. The van der Waals surface area contributed by atoms with Crippen molar-refractivity contribution in [1.29, 1.82) is 0 Å². The van der Waals surface area contributed by atoms with Crippen molar-refractivity contribution < 1.29 is 23.9 Å². The second-order valence-corrected chi connectivity index (χ2v) is 14.7. The molecule has 4 aromatic rings.